The lowest BCUT2D eigenvalue weighted by Crippen LogP contribution is -2.16. The Kier molecular flexibility index (Phi) is 9.20. The van der Waals surface area contributed by atoms with E-state index in [-0.39, 0.29) is 16.7 Å². The number of fused-ring (bicyclic) bond motifs is 14. The van der Waals surface area contributed by atoms with Crippen LogP contribution in [0.5, 0.6) is 0 Å². The van der Waals surface area contributed by atoms with Gasteiger partial charge in [0.05, 0.1) is 0 Å². The van der Waals surface area contributed by atoms with Gasteiger partial charge in [-0.3, -0.25) is 0 Å². The van der Waals surface area contributed by atoms with E-state index in [0.29, 0.717) is 0 Å². The van der Waals surface area contributed by atoms with Crippen molar-refractivity contribution < 1.29 is 8.83 Å². The Balaban J connectivity index is 0.879. The molecule has 340 valence electrons. The molecule has 2 nitrogen and oxygen atoms in total. The molecule has 0 N–H and O–H groups in total. The van der Waals surface area contributed by atoms with Gasteiger partial charge in [-0.15, -0.1) is 0 Å². The largest absolute Gasteiger partial charge is 0.455 e. The number of para-hydroxylation sites is 2. The smallest absolute Gasteiger partial charge is 0.143 e. The minimum Gasteiger partial charge on any atom is -0.455 e. The van der Waals surface area contributed by atoms with Crippen LogP contribution in [-0.2, 0) is 17.3 Å². The average molecular weight is 913 g/mol. The van der Waals surface area contributed by atoms with Crippen molar-refractivity contribution in [3.63, 3.8) is 0 Å². The van der Waals surface area contributed by atoms with Crippen LogP contribution in [0.1, 0.15) is 79.0 Å². The second kappa shape index (κ2) is 15.7. The molecule has 10 aromatic carbocycles. The fourth-order valence-electron chi connectivity index (χ4n) is 12.7. The number of benzene rings is 10. The van der Waals surface area contributed by atoms with Crippen LogP contribution in [0.2, 0.25) is 0 Å². The second-order valence-electron chi connectivity index (χ2n) is 21.0. The van der Waals surface area contributed by atoms with Crippen LogP contribution >= 0.6 is 0 Å². The molecule has 0 amide bonds. The van der Waals surface area contributed by atoms with Gasteiger partial charge < -0.3 is 8.83 Å². The van der Waals surface area contributed by atoms with Crippen molar-refractivity contribution in [2.24, 2.45) is 0 Å². The van der Waals surface area contributed by atoms with E-state index in [1.165, 1.54) is 105 Å². The summed E-state index contributed by atoms with van der Waals surface area (Å²) in [6.45, 7) is 9.66. The Labute approximate surface area is 414 Å². The van der Waals surface area contributed by atoms with Crippen molar-refractivity contribution in [3.8, 4) is 55.6 Å². The fraction of sp³-hybridized carbons (Fsp3) is 0.130. The standard InChI is InChI=1S/C69H52O2/c1-68(2)56-38-42(29-36-50(56)62-58(68)40-54(45-20-10-6-11-21-45)66-64(62)52-24-14-16-26-60(52)70-66)28-35-49(47-32-30-44(31-33-47)43-18-8-5-9-19-43)48-34-37-51-57(39-48)69(3,4)59-41-55(46-22-12-7-13-23-46)67-65(63(51)59)53-25-15-17-27-61(53)71-67/h5-27,29-34,36-41,49H,28,35H2,1-4H3. The summed E-state index contributed by atoms with van der Waals surface area (Å²) in [6, 6.07) is 78.3. The first-order valence-electron chi connectivity index (χ1n) is 25.2. The summed E-state index contributed by atoms with van der Waals surface area (Å²) in [4.78, 5) is 0. The minimum atomic E-state index is -0.245. The highest BCUT2D eigenvalue weighted by atomic mass is 16.3. The first-order chi connectivity index (χ1) is 34.7. The predicted molar refractivity (Wildman–Crippen MR) is 295 cm³/mol. The van der Waals surface area contributed by atoms with E-state index in [9.17, 15) is 0 Å². The van der Waals surface area contributed by atoms with E-state index in [0.717, 1.165) is 46.3 Å². The minimum absolute atomic E-state index is 0.170. The van der Waals surface area contributed by atoms with Gasteiger partial charge in [-0.05, 0) is 121 Å². The number of aryl methyl sites for hydroxylation is 1. The van der Waals surface area contributed by atoms with Gasteiger partial charge in [0.25, 0.3) is 0 Å². The monoisotopic (exact) mass is 912 g/mol. The molecule has 71 heavy (non-hydrogen) atoms. The quantitative estimate of drug-likeness (QED) is 0.152. The molecular weight excluding hydrogens is 861 g/mol. The SMILES string of the molecule is CC1(C)c2cc(CCC(c3ccc(-c4ccccc4)cc3)c3ccc4c(c3)C(C)(C)c3cc(-c5ccccc5)c5oc6ccccc6c5c3-4)ccc2-c2c1cc(-c1ccccc1)c1oc3ccccc3c21. The molecule has 0 radical (unpaired) electrons. The Morgan fingerprint density at radius 1 is 0.366 bits per heavy atom. The zero-order valence-electron chi connectivity index (χ0n) is 40.5. The van der Waals surface area contributed by atoms with E-state index in [1.54, 1.807) is 0 Å². The molecule has 0 saturated carbocycles. The van der Waals surface area contributed by atoms with Gasteiger partial charge in [0, 0.05) is 49.4 Å². The zero-order valence-corrected chi connectivity index (χ0v) is 40.5. The van der Waals surface area contributed by atoms with Crippen LogP contribution in [0.3, 0.4) is 0 Å². The average Bonchev–Trinajstić information content (AvgIpc) is 4.12. The van der Waals surface area contributed by atoms with Crippen molar-refractivity contribution in [2.45, 2.75) is 57.3 Å². The maximum absolute atomic E-state index is 6.79. The van der Waals surface area contributed by atoms with Crippen molar-refractivity contribution in [2.75, 3.05) is 0 Å². The van der Waals surface area contributed by atoms with Crippen LogP contribution in [0.25, 0.3) is 99.5 Å². The Morgan fingerprint density at radius 3 is 1.34 bits per heavy atom. The van der Waals surface area contributed by atoms with E-state index in [4.69, 9.17) is 8.83 Å². The number of furan rings is 2. The molecular formula is C69H52O2. The van der Waals surface area contributed by atoms with Crippen molar-refractivity contribution >= 4 is 43.9 Å². The lowest BCUT2D eigenvalue weighted by Gasteiger charge is -2.25. The molecule has 2 aliphatic carbocycles. The maximum atomic E-state index is 6.79. The van der Waals surface area contributed by atoms with E-state index < -0.39 is 0 Å². The molecule has 0 bridgehead atoms. The Bertz CT molecular complexity index is 4070. The summed E-state index contributed by atoms with van der Waals surface area (Å²) in [5.41, 5.74) is 25.2. The van der Waals surface area contributed by atoms with Gasteiger partial charge in [-0.1, -0.05) is 216 Å². The third-order valence-electron chi connectivity index (χ3n) is 16.4. The lowest BCUT2D eigenvalue weighted by molar-refractivity contribution is 0.651. The van der Waals surface area contributed by atoms with Gasteiger partial charge in [0.1, 0.15) is 22.3 Å². The summed E-state index contributed by atoms with van der Waals surface area (Å²) in [6.07, 6.45) is 1.90. The number of hydrogen-bond acceptors (Lipinski definition) is 2. The molecule has 2 aromatic heterocycles. The van der Waals surface area contributed by atoms with Gasteiger partial charge in [-0.25, -0.2) is 0 Å². The van der Waals surface area contributed by atoms with E-state index >= 15 is 0 Å². The first kappa shape index (κ1) is 41.7. The summed E-state index contributed by atoms with van der Waals surface area (Å²) < 4.78 is 13.6. The van der Waals surface area contributed by atoms with Crippen molar-refractivity contribution in [1.29, 1.82) is 0 Å². The van der Waals surface area contributed by atoms with Crippen LogP contribution in [0, 0.1) is 0 Å². The van der Waals surface area contributed by atoms with Gasteiger partial charge in [0.15, 0.2) is 0 Å². The molecule has 0 saturated heterocycles. The fourth-order valence-corrected chi connectivity index (χ4v) is 12.7. The topological polar surface area (TPSA) is 26.3 Å². The summed E-state index contributed by atoms with van der Waals surface area (Å²) in [7, 11) is 0. The lowest BCUT2D eigenvalue weighted by atomic mass is 9.78. The molecule has 1 unspecified atom stereocenters. The summed E-state index contributed by atoms with van der Waals surface area (Å²) >= 11 is 0. The first-order valence-corrected chi connectivity index (χ1v) is 25.2. The van der Waals surface area contributed by atoms with E-state index in [2.05, 4.69) is 240 Å². The van der Waals surface area contributed by atoms with E-state index in [1.807, 2.05) is 0 Å². The second-order valence-corrected chi connectivity index (χ2v) is 21.0. The van der Waals surface area contributed by atoms with Crippen molar-refractivity contribution in [3.05, 3.63) is 251 Å². The molecule has 2 heteroatoms. The Morgan fingerprint density at radius 2 is 0.803 bits per heavy atom. The molecule has 0 fully saturated rings. The van der Waals surface area contributed by atoms with Crippen LogP contribution in [-0.4, -0.2) is 0 Å². The van der Waals surface area contributed by atoms with Gasteiger partial charge >= 0.3 is 0 Å². The molecule has 0 aliphatic heterocycles. The molecule has 14 rings (SSSR count). The zero-order chi connectivity index (χ0) is 47.6. The summed E-state index contributed by atoms with van der Waals surface area (Å²) in [5.74, 6) is 0.170. The highest BCUT2D eigenvalue weighted by Gasteiger charge is 2.41. The predicted octanol–water partition coefficient (Wildman–Crippen LogP) is 18.9. The molecule has 12 aromatic rings. The highest BCUT2D eigenvalue weighted by molar-refractivity contribution is 6.20. The molecule has 2 aliphatic rings. The van der Waals surface area contributed by atoms with Crippen LogP contribution in [0.4, 0.5) is 0 Å². The van der Waals surface area contributed by atoms with Crippen LogP contribution < -0.4 is 0 Å². The number of rotatable bonds is 8. The summed E-state index contributed by atoms with van der Waals surface area (Å²) in [5, 5.41) is 4.77. The van der Waals surface area contributed by atoms with Gasteiger partial charge in [-0.2, -0.15) is 0 Å². The maximum Gasteiger partial charge on any atom is 0.143 e. The van der Waals surface area contributed by atoms with Crippen LogP contribution in [0.15, 0.2) is 221 Å². The third-order valence-corrected chi connectivity index (χ3v) is 16.4. The highest BCUT2D eigenvalue weighted by Crippen LogP contribution is 2.57. The molecule has 0 spiro atoms. The Hall–Kier alpha value is -8.20. The van der Waals surface area contributed by atoms with Gasteiger partial charge in [0.2, 0.25) is 0 Å². The third kappa shape index (κ3) is 6.33. The normalized spacial score (nSPS) is 14.5. The number of hydrogen-bond donors (Lipinski definition) is 0. The molecule has 2 heterocycles. The van der Waals surface area contributed by atoms with Crippen molar-refractivity contribution in [1.82, 2.24) is 0 Å². The molecule has 1 atom stereocenters.